The van der Waals surface area contributed by atoms with Gasteiger partial charge in [0, 0.05) is 6.54 Å². The first-order chi connectivity index (χ1) is 13.8. The van der Waals surface area contributed by atoms with Gasteiger partial charge in [0.1, 0.15) is 0 Å². The van der Waals surface area contributed by atoms with Crippen LogP contribution < -0.4 is 16.4 Å². The third-order valence-electron chi connectivity index (χ3n) is 4.65. The van der Waals surface area contributed by atoms with Gasteiger partial charge in [0.25, 0.3) is 0 Å². The first kappa shape index (κ1) is 21.1. The summed E-state index contributed by atoms with van der Waals surface area (Å²) in [5, 5.41) is 25.2. The highest BCUT2D eigenvalue weighted by Crippen LogP contribution is 2.24. The van der Waals surface area contributed by atoms with Gasteiger partial charge in [-0.2, -0.15) is 9.97 Å². The van der Waals surface area contributed by atoms with Crippen LogP contribution in [0.2, 0.25) is 5.02 Å². The van der Waals surface area contributed by atoms with Crippen molar-refractivity contribution in [3.8, 4) is 0 Å². The van der Waals surface area contributed by atoms with Gasteiger partial charge in [-0.25, -0.2) is 4.68 Å². The molecule has 10 heteroatoms. The Labute approximate surface area is 174 Å². The number of nitrogens with zero attached hydrogens (tertiary/aromatic N) is 5. The first-order valence-electron chi connectivity index (χ1n) is 9.58. The van der Waals surface area contributed by atoms with Crippen LogP contribution >= 0.6 is 11.6 Å². The predicted octanol–water partition coefficient (Wildman–Crippen LogP) is 3.08. The number of anilines is 3. The molecule has 2 heterocycles. The topological polar surface area (TPSA) is 127 Å². The zero-order valence-electron chi connectivity index (χ0n) is 17.0. The molecule has 29 heavy (non-hydrogen) atoms. The Morgan fingerprint density at radius 2 is 1.97 bits per heavy atom. The van der Waals surface area contributed by atoms with E-state index in [1.54, 1.807) is 10.7 Å². The molecule has 0 saturated carbocycles. The molecule has 0 amide bonds. The normalized spacial score (nSPS) is 12.7. The van der Waals surface area contributed by atoms with E-state index >= 15 is 0 Å². The highest BCUT2D eigenvalue weighted by molar-refractivity contribution is 6.33. The fourth-order valence-corrected chi connectivity index (χ4v) is 2.96. The average Bonchev–Trinajstić information content (AvgIpc) is 3.11. The summed E-state index contributed by atoms with van der Waals surface area (Å²) < 4.78 is 1.75. The zero-order chi connectivity index (χ0) is 21.1. The number of rotatable bonds is 8. The summed E-state index contributed by atoms with van der Waals surface area (Å²) >= 11 is 6.00. The third kappa shape index (κ3) is 4.68. The van der Waals surface area contributed by atoms with Crippen molar-refractivity contribution < 1.29 is 5.11 Å². The lowest BCUT2D eigenvalue weighted by molar-refractivity contribution is 0.248. The fourth-order valence-electron chi connectivity index (χ4n) is 2.84. The molecule has 3 aromatic rings. The highest BCUT2D eigenvalue weighted by atomic mass is 35.5. The van der Waals surface area contributed by atoms with Crippen LogP contribution in [0.5, 0.6) is 0 Å². The Morgan fingerprint density at radius 3 is 2.59 bits per heavy atom. The van der Waals surface area contributed by atoms with Crippen LogP contribution in [0.3, 0.4) is 0 Å². The second-order valence-electron chi connectivity index (χ2n) is 7.58. The number of aliphatic hydroxyl groups is 1. The van der Waals surface area contributed by atoms with E-state index in [0.29, 0.717) is 40.2 Å². The molecular weight excluding hydrogens is 392 g/mol. The summed E-state index contributed by atoms with van der Waals surface area (Å²) in [4.78, 5) is 9.18. The monoisotopic (exact) mass is 418 g/mol. The number of halogens is 1. The Bertz CT molecular complexity index is 988. The molecule has 1 aromatic carbocycles. The number of hydrogen-bond acceptors (Lipinski definition) is 8. The van der Waals surface area contributed by atoms with E-state index in [2.05, 4.69) is 30.9 Å². The molecular formula is C19H27ClN8O. The van der Waals surface area contributed by atoms with E-state index in [9.17, 15) is 5.11 Å². The molecule has 3 rings (SSSR count). The standard InChI is InChI=1S/C19H27ClN8O/c1-10(2)15(9-29)23-19-24-17(16-18(25-19)28(11(3)4)27-26-16)22-8-12-5-6-13(20)14(21)7-12/h5-7,10-11,15,29H,8-9,21H2,1-4H3,(H2,22,23,24,25). The molecule has 0 spiro atoms. The third-order valence-corrected chi connectivity index (χ3v) is 4.99. The Balaban J connectivity index is 1.96. The maximum absolute atomic E-state index is 9.66. The smallest absolute Gasteiger partial charge is 0.227 e. The van der Waals surface area contributed by atoms with E-state index in [1.807, 2.05) is 39.8 Å². The Kier molecular flexibility index (Phi) is 6.39. The van der Waals surface area contributed by atoms with Crippen molar-refractivity contribution in [2.45, 2.75) is 46.3 Å². The van der Waals surface area contributed by atoms with Crippen molar-refractivity contribution in [2.24, 2.45) is 5.92 Å². The van der Waals surface area contributed by atoms with Gasteiger partial charge in [-0.3, -0.25) is 0 Å². The lowest BCUT2D eigenvalue weighted by Gasteiger charge is -2.20. The molecule has 5 N–H and O–H groups in total. The van der Waals surface area contributed by atoms with Gasteiger partial charge in [0.15, 0.2) is 17.0 Å². The van der Waals surface area contributed by atoms with Crippen molar-refractivity contribution in [3.05, 3.63) is 28.8 Å². The zero-order valence-corrected chi connectivity index (χ0v) is 17.8. The molecule has 0 aliphatic rings. The van der Waals surface area contributed by atoms with E-state index in [-0.39, 0.29) is 24.6 Å². The first-order valence-corrected chi connectivity index (χ1v) is 9.96. The van der Waals surface area contributed by atoms with Crippen LogP contribution in [0, 0.1) is 5.92 Å². The van der Waals surface area contributed by atoms with Gasteiger partial charge < -0.3 is 21.5 Å². The molecule has 2 aromatic heterocycles. The summed E-state index contributed by atoms with van der Waals surface area (Å²) in [6.45, 7) is 8.53. The molecule has 0 aliphatic carbocycles. The van der Waals surface area contributed by atoms with E-state index in [4.69, 9.17) is 17.3 Å². The van der Waals surface area contributed by atoms with Crippen molar-refractivity contribution in [3.63, 3.8) is 0 Å². The summed E-state index contributed by atoms with van der Waals surface area (Å²) in [5.74, 6) is 1.17. The SMILES string of the molecule is CC(C)C(CO)Nc1nc(NCc2ccc(Cl)c(N)c2)c2nnn(C(C)C)c2n1. The van der Waals surface area contributed by atoms with E-state index in [1.165, 1.54) is 0 Å². The number of nitrogen functional groups attached to an aromatic ring is 1. The van der Waals surface area contributed by atoms with Crippen LogP contribution in [0.1, 0.15) is 39.3 Å². The molecule has 156 valence electrons. The van der Waals surface area contributed by atoms with Gasteiger partial charge in [-0.05, 0) is 37.5 Å². The molecule has 1 unspecified atom stereocenters. The lowest BCUT2D eigenvalue weighted by Crippen LogP contribution is -2.30. The average molecular weight is 419 g/mol. The minimum absolute atomic E-state index is 0.0203. The number of aliphatic hydroxyl groups excluding tert-OH is 1. The number of aromatic nitrogens is 5. The second-order valence-corrected chi connectivity index (χ2v) is 7.99. The Morgan fingerprint density at radius 1 is 1.21 bits per heavy atom. The van der Waals surface area contributed by atoms with Crippen LogP contribution in [-0.4, -0.2) is 42.7 Å². The van der Waals surface area contributed by atoms with Crippen molar-refractivity contribution in [1.82, 2.24) is 25.0 Å². The molecule has 0 saturated heterocycles. The molecule has 0 aliphatic heterocycles. The number of hydrogen-bond donors (Lipinski definition) is 4. The van der Waals surface area contributed by atoms with Crippen LogP contribution in [0.25, 0.3) is 11.2 Å². The Hall–Kier alpha value is -2.65. The van der Waals surface area contributed by atoms with Gasteiger partial charge in [0.05, 0.1) is 29.4 Å². The number of benzene rings is 1. The van der Waals surface area contributed by atoms with E-state index in [0.717, 1.165) is 5.56 Å². The van der Waals surface area contributed by atoms with Gasteiger partial charge >= 0.3 is 0 Å². The van der Waals surface area contributed by atoms with Gasteiger partial charge in [-0.1, -0.05) is 36.7 Å². The minimum Gasteiger partial charge on any atom is -0.398 e. The molecule has 1 atom stereocenters. The van der Waals surface area contributed by atoms with Gasteiger partial charge in [-0.15, -0.1) is 5.10 Å². The quantitative estimate of drug-likeness (QED) is 0.411. The van der Waals surface area contributed by atoms with Crippen LogP contribution in [-0.2, 0) is 6.54 Å². The van der Waals surface area contributed by atoms with Crippen LogP contribution in [0.4, 0.5) is 17.5 Å². The van der Waals surface area contributed by atoms with E-state index < -0.39 is 0 Å². The van der Waals surface area contributed by atoms with Crippen molar-refractivity contribution in [1.29, 1.82) is 0 Å². The maximum atomic E-state index is 9.66. The predicted molar refractivity (Wildman–Crippen MR) is 116 cm³/mol. The number of fused-ring (bicyclic) bond motifs is 1. The van der Waals surface area contributed by atoms with Crippen LogP contribution in [0.15, 0.2) is 18.2 Å². The number of nitrogens with one attached hydrogen (secondary N) is 2. The second kappa shape index (κ2) is 8.79. The summed E-state index contributed by atoms with van der Waals surface area (Å²) in [6, 6.07) is 5.40. The molecule has 0 fully saturated rings. The lowest BCUT2D eigenvalue weighted by atomic mass is 10.1. The maximum Gasteiger partial charge on any atom is 0.227 e. The van der Waals surface area contributed by atoms with Gasteiger partial charge in [0.2, 0.25) is 5.95 Å². The summed E-state index contributed by atoms with van der Waals surface area (Å²) in [5.41, 5.74) is 8.58. The summed E-state index contributed by atoms with van der Waals surface area (Å²) in [6.07, 6.45) is 0. The minimum atomic E-state index is -0.167. The molecule has 0 radical (unpaired) electrons. The highest BCUT2D eigenvalue weighted by Gasteiger charge is 2.19. The molecule has 0 bridgehead atoms. The van der Waals surface area contributed by atoms with Crippen molar-refractivity contribution >= 4 is 40.2 Å². The number of nitrogens with two attached hydrogens (primary N) is 1. The largest absolute Gasteiger partial charge is 0.398 e. The molecule has 9 nitrogen and oxygen atoms in total. The summed E-state index contributed by atoms with van der Waals surface area (Å²) in [7, 11) is 0. The fraction of sp³-hybridized carbons (Fsp3) is 0.474. The van der Waals surface area contributed by atoms with Crippen molar-refractivity contribution in [2.75, 3.05) is 23.0 Å².